The van der Waals surface area contributed by atoms with Crippen molar-refractivity contribution < 1.29 is 0 Å². The first-order valence-electron chi connectivity index (χ1n) is 6.49. The van der Waals surface area contributed by atoms with E-state index in [1.807, 2.05) is 0 Å². The van der Waals surface area contributed by atoms with Gasteiger partial charge in [-0.3, -0.25) is 4.40 Å². The van der Waals surface area contributed by atoms with E-state index in [1.165, 1.54) is 41.4 Å². The van der Waals surface area contributed by atoms with Gasteiger partial charge in [0, 0.05) is 29.4 Å². The van der Waals surface area contributed by atoms with Gasteiger partial charge in [-0.1, -0.05) is 0 Å². The summed E-state index contributed by atoms with van der Waals surface area (Å²) in [6.07, 6.45) is 2.66. The molecular formula is C13H19N3S2. The Bertz CT molecular complexity index is 538. The molecule has 2 aromatic heterocycles. The number of imidazole rings is 1. The first-order valence-corrected chi connectivity index (χ1v) is 8.52. The van der Waals surface area contributed by atoms with Gasteiger partial charge >= 0.3 is 0 Å². The zero-order valence-corrected chi connectivity index (χ0v) is 12.5. The number of hydrogen-bond donors (Lipinski definition) is 1. The minimum atomic E-state index is 0.674. The lowest BCUT2D eigenvalue weighted by atomic mass is 10.2. The second-order valence-corrected chi connectivity index (χ2v) is 6.92. The molecule has 1 unspecified atom stereocenters. The molecule has 0 aliphatic carbocycles. The monoisotopic (exact) mass is 281 g/mol. The molecule has 98 valence electrons. The lowest BCUT2D eigenvalue weighted by Crippen LogP contribution is -2.33. The van der Waals surface area contributed by atoms with Crippen molar-refractivity contribution in [2.24, 2.45) is 0 Å². The average molecular weight is 281 g/mol. The molecule has 2 aromatic rings. The van der Waals surface area contributed by atoms with Gasteiger partial charge < -0.3 is 5.32 Å². The van der Waals surface area contributed by atoms with E-state index in [0.717, 1.165) is 11.5 Å². The molecule has 1 aliphatic rings. The van der Waals surface area contributed by atoms with E-state index in [2.05, 4.69) is 45.7 Å². The molecule has 1 aliphatic heterocycles. The quantitative estimate of drug-likeness (QED) is 0.938. The van der Waals surface area contributed by atoms with Crippen molar-refractivity contribution in [2.45, 2.75) is 39.3 Å². The molecule has 1 fully saturated rings. The number of thiazole rings is 1. The summed E-state index contributed by atoms with van der Waals surface area (Å²) in [6, 6.07) is 0.674. The van der Waals surface area contributed by atoms with Gasteiger partial charge in [-0.05, 0) is 32.4 Å². The van der Waals surface area contributed by atoms with Gasteiger partial charge in [0.15, 0.2) is 4.96 Å². The fourth-order valence-corrected chi connectivity index (χ4v) is 4.56. The predicted octanol–water partition coefficient (Wildman–Crippen LogP) is 3.00. The van der Waals surface area contributed by atoms with Crippen LogP contribution in [0.2, 0.25) is 0 Å². The summed E-state index contributed by atoms with van der Waals surface area (Å²) >= 11 is 3.80. The lowest BCUT2D eigenvalue weighted by molar-refractivity contribution is 0.501. The lowest BCUT2D eigenvalue weighted by Gasteiger charge is -2.22. The zero-order chi connectivity index (χ0) is 12.5. The maximum atomic E-state index is 4.63. The second kappa shape index (κ2) is 5.23. The van der Waals surface area contributed by atoms with Crippen molar-refractivity contribution >= 4 is 28.1 Å². The Kier molecular flexibility index (Phi) is 3.63. The Morgan fingerprint density at radius 3 is 3.17 bits per heavy atom. The number of nitrogens with one attached hydrogen (secondary N) is 1. The highest BCUT2D eigenvalue weighted by Gasteiger charge is 2.16. The zero-order valence-electron chi connectivity index (χ0n) is 10.9. The highest BCUT2D eigenvalue weighted by Crippen LogP contribution is 2.21. The third-order valence-corrected chi connectivity index (χ3v) is 5.71. The molecule has 18 heavy (non-hydrogen) atoms. The smallest absolute Gasteiger partial charge is 0.194 e. The molecule has 3 nitrogen and oxygen atoms in total. The van der Waals surface area contributed by atoms with E-state index in [-0.39, 0.29) is 0 Å². The molecule has 1 N–H and O–H groups in total. The van der Waals surface area contributed by atoms with Crippen LogP contribution in [0.4, 0.5) is 0 Å². The first-order chi connectivity index (χ1) is 8.75. The predicted molar refractivity (Wildman–Crippen MR) is 79.7 cm³/mol. The van der Waals surface area contributed by atoms with Gasteiger partial charge in [0.05, 0.1) is 11.4 Å². The maximum Gasteiger partial charge on any atom is 0.194 e. The molecule has 0 bridgehead atoms. The van der Waals surface area contributed by atoms with Crippen molar-refractivity contribution in [3.8, 4) is 0 Å². The van der Waals surface area contributed by atoms with Crippen LogP contribution in [0.25, 0.3) is 4.96 Å². The van der Waals surface area contributed by atoms with Crippen LogP contribution >= 0.6 is 23.1 Å². The molecule has 5 heteroatoms. The normalized spacial score (nSPS) is 20.7. The Labute approximate surface area is 116 Å². The van der Waals surface area contributed by atoms with Crippen molar-refractivity contribution in [2.75, 3.05) is 11.5 Å². The minimum Gasteiger partial charge on any atom is -0.308 e. The average Bonchev–Trinajstić information content (AvgIpc) is 2.88. The fraction of sp³-hybridized carbons (Fsp3) is 0.615. The van der Waals surface area contributed by atoms with Crippen molar-refractivity contribution in [1.82, 2.24) is 14.7 Å². The molecule has 0 radical (unpaired) electrons. The summed E-state index contributed by atoms with van der Waals surface area (Å²) in [5, 5.41) is 5.88. The van der Waals surface area contributed by atoms with Gasteiger partial charge in [0.1, 0.15) is 0 Å². The highest BCUT2D eigenvalue weighted by molar-refractivity contribution is 7.99. The van der Waals surface area contributed by atoms with Crippen LogP contribution in [0.3, 0.4) is 0 Å². The van der Waals surface area contributed by atoms with E-state index >= 15 is 0 Å². The summed E-state index contributed by atoms with van der Waals surface area (Å²) < 4.78 is 2.29. The SMILES string of the molecule is Cc1nc2scc(C)n2c1CNC1CCCSC1. The molecule has 0 aromatic carbocycles. The molecule has 1 atom stereocenters. The highest BCUT2D eigenvalue weighted by atomic mass is 32.2. The summed E-state index contributed by atoms with van der Waals surface area (Å²) in [4.78, 5) is 5.76. The number of thioether (sulfide) groups is 1. The molecule has 0 amide bonds. The van der Waals surface area contributed by atoms with Crippen LogP contribution in [0.15, 0.2) is 5.38 Å². The summed E-state index contributed by atoms with van der Waals surface area (Å²) in [6.45, 7) is 5.21. The Balaban J connectivity index is 1.77. The number of rotatable bonds is 3. The van der Waals surface area contributed by atoms with E-state index in [9.17, 15) is 0 Å². The molecule has 0 saturated carbocycles. The van der Waals surface area contributed by atoms with Crippen LogP contribution in [-0.2, 0) is 6.54 Å². The standard InChI is InChI=1S/C13H19N3S2/c1-9-7-18-13-15-10(2)12(16(9)13)6-14-11-4-3-5-17-8-11/h7,11,14H,3-6,8H2,1-2H3. The molecular weight excluding hydrogens is 262 g/mol. The third-order valence-electron chi connectivity index (χ3n) is 3.55. The summed E-state index contributed by atoms with van der Waals surface area (Å²) in [7, 11) is 0. The topological polar surface area (TPSA) is 29.3 Å². The van der Waals surface area contributed by atoms with Crippen molar-refractivity contribution in [3.63, 3.8) is 0 Å². The maximum absolute atomic E-state index is 4.63. The summed E-state index contributed by atoms with van der Waals surface area (Å²) in [5.41, 5.74) is 3.80. The molecule has 3 heterocycles. The van der Waals surface area contributed by atoms with E-state index in [4.69, 9.17) is 0 Å². The first kappa shape index (κ1) is 12.5. The minimum absolute atomic E-state index is 0.674. The Hall–Kier alpha value is -0.520. The number of aromatic nitrogens is 2. The third kappa shape index (κ3) is 2.31. The van der Waals surface area contributed by atoms with Gasteiger partial charge in [-0.15, -0.1) is 11.3 Å². The molecule has 1 saturated heterocycles. The van der Waals surface area contributed by atoms with Crippen LogP contribution in [0.1, 0.15) is 29.9 Å². The summed E-state index contributed by atoms with van der Waals surface area (Å²) in [5.74, 6) is 2.58. The van der Waals surface area contributed by atoms with Gasteiger partial charge in [-0.2, -0.15) is 11.8 Å². The van der Waals surface area contributed by atoms with Gasteiger partial charge in [0.2, 0.25) is 0 Å². The van der Waals surface area contributed by atoms with Crippen LogP contribution in [0, 0.1) is 13.8 Å². The van der Waals surface area contributed by atoms with Crippen LogP contribution < -0.4 is 5.32 Å². The van der Waals surface area contributed by atoms with E-state index < -0.39 is 0 Å². The van der Waals surface area contributed by atoms with Crippen molar-refractivity contribution in [3.05, 3.63) is 22.5 Å². The fourth-order valence-electron chi connectivity index (χ4n) is 2.52. The van der Waals surface area contributed by atoms with E-state index in [0.29, 0.717) is 6.04 Å². The van der Waals surface area contributed by atoms with Gasteiger partial charge in [-0.25, -0.2) is 4.98 Å². The van der Waals surface area contributed by atoms with Crippen molar-refractivity contribution in [1.29, 1.82) is 0 Å². The van der Waals surface area contributed by atoms with E-state index in [1.54, 1.807) is 11.3 Å². The van der Waals surface area contributed by atoms with Crippen LogP contribution in [-0.4, -0.2) is 26.9 Å². The van der Waals surface area contributed by atoms with Gasteiger partial charge in [0.25, 0.3) is 0 Å². The Morgan fingerprint density at radius 2 is 2.39 bits per heavy atom. The largest absolute Gasteiger partial charge is 0.308 e. The second-order valence-electron chi connectivity index (χ2n) is 4.93. The number of fused-ring (bicyclic) bond motifs is 1. The number of hydrogen-bond acceptors (Lipinski definition) is 4. The van der Waals surface area contributed by atoms with Crippen LogP contribution in [0.5, 0.6) is 0 Å². The Morgan fingerprint density at radius 1 is 1.50 bits per heavy atom. The number of aryl methyl sites for hydroxylation is 2. The number of nitrogens with zero attached hydrogens (tertiary/aromatic N) is 2. The molecule has 3 rings (SSSR count). The molecule has 0 spiro atoms.